The second-order valence-corrected chi connectivity index (χ2v) is 7.83. The van der Waals surface area contributed by atoms with Gasteiger partial charge in [0.1, 0.15) is 0 Å². The van der Waals surface area contributed by atoms with E-state index in [9.17, 15) is 0 Å². The number of benzene rings is 4. The van der Waals surface area contributed by atoms with Crippen LogP contribution in [0.15, 0.2) is 109 Å². The van der Waals surface area contributed by atoms with Gasteiger partial charge in [0.25, 0.3) is 0 Å². The maximum atomic E-state index is 4.52. The Morgan fingerprint density at radius 3 is 1.74 bits per heavy atom. The molecule has 0 N–H and O–H groups in total. The van der Waals surface area contributed by atoms with Crippen molar-refractivity contribution >= 4 is 43.6 Å². The number of rotatable bonds is 2. The van der Waals surface area contributed by atoms with Crippen LogP contribution in [0.3, 0.4) is 0 Å². The molecular weight excluding hydrogens is 380 g/mol. The highest BCUT2D eigenvalue weighted by atomic mass is 15.6. The lowest BCUT2D eigenvalue weighted by Crippen LogP contribution is -2.09. The first kappa shape index (κ1) is 16.5. The first-order chi connectivity index (χ1) is 15.4. The van der Waals surface area contributed by atoms with Gasteiger partial charge in [0.05, 0.1) is 28.3 Å². The zero-order valence-electron chi connectivity index (χ0n) is 16.7. The van der Waals surface area contributed by atoms with E-state index >= 15 is 0 Å². The second kappa shape index (κ2) is 6.09. The zero-order valence-corrected chi connectivity index (χ0v) is 16.7. The monoisotopic (exact) mass is 398 g/mol. The summed E-state index contributed by atoms with van der Waals surface area (Å²) in [6.07, 6.45) is 3.80. The third-order valence-corrected chi connectivity index (χ3v) is 6.17. The first-order valence-corrected chi connectivity index (χ1v) is 10.4. The van der Waals surface area contributed by atoms with E-state index in [-0.39, 0.29) is 0 Å². The molecule has 0 atom stereocenters. The fourth-order valence-corrected chi connectivity index (χ4v) is 4.88. The van der Waals surface area contributed by atoms with Gasteiger partial charge in [0.2, 0.25) is 0 Å². The molecule has 31 heavy (non-hydrogen) atoms. The van der Waals surface area contributed by atoms with E-state index in [4.69, 9.17) is 0 Å². The predicted molar refractivity (Wildman–Crippen MR) is 127 cm³/mol. The molecule has 7 rings (SSSR count). The molecule has 0 spiro atoms. The molecule has 146 valence electrons. The molecule has 0 unspecified atom stereocenters. The molecule has 4 aromatic carbocycles. The van der Waals surface area contributed by atoms with Crippen molar-refractivity contribution in [3.63, 3.8) is 0 Å². The van der Waals surface area contributed by atoms with Gasteiger partial charge in [0.15, 0.2) is 0 Å². The average molecular weight is 398 g/mol. The number of aromatic nitrogens is 4. The Bertz CT molecular complexity index is 1680. The van der Waals surface area contributed by atoms with E-state index < -0.39 is 0 Å². The largest absolute Gasteiger partial charge is 0.309 e. The molecule has 0 saturated carbocycles. The molecule has 0 aliphatic heterocycles. The van der Waals surface area contributed by atoms with Crippen LogP contribution < -0.4 is 0 Å². The Kier molecular flexibility index (Phi) is 3.24. The van der Waals surface area contributed by atoms with Crippen LogP contribution in [0.4, 0.5) is 0 Å². The van der Waals surface area contributed by atoms with Gasteiger partial charge in [-0.3, -0.25) is 0 Å². The molecule has 0 bridgehead atoms. The summed E-state index contributed by atoms with van der Waals surface area (Å²) >= 11 is 0. The Morgan fingerprint density at radius 1 is 0.516 bits per heavy atom. The van der Waals surface area contributed by atoms with Gasteiger partial charge in [-0.05, 0) is 36.4 Å². The topological polar surface area (TPSA) is 27.7 Å². The van der Waals surface area contributed by atoms with Crippen LogP contribution in [-0.2, 0) is 0 Å². The lowest BCUT2D eigenvalue weighted by molar-refractivity contribution is 0.615. The van der Waals surface area contributed by atoms with Crippen molar-refractivity contribution < 1.29 is 0 Å². The van der Waals surface area contributed by atoms with Crippen LogP contribution in [0.25, 0.3) is 49.3 Å². The Morgan fingerprint density at radius 2 is 1.10 bits per heavy atom. The SMILES string of the molecule is c1ccc2c(c1)c1ccccc1n2-c1ccc2c3ccccc3n(-n3cccn3)c2c1. The predicted octanol–water partition coefficient (Wildman–Crippen LogP) is 6.40. The van der Waals surface area contributed by atoms with Crippen molar-refractivity contribution in [1.82, 2.24) is 19.1 Å². The van der Waals surface area contributed by atoms with Gasteiger partial charge in [-0.1, -0.05) is 60.7 Å². The van der Waals surface area contributed by atoms with Crippen molar-refractivity contribution in [2.45, 2.75) is 0 Å². The highest BCUT2D eigenvalue weighted by Crippen LogP contribution is 2.35. The van der Waals surface area contributed by atoms with Gasteiger partial charge in [-0.25, -0.2) is 4.68 Å². The molecule has 0 saturated heterocycles. The molecule has 0 amide bonds. The minimum Gasteiger partial charge on any atom is -0.309 e. The second-order valence-electron chi connectivity index (χ2n) is 7.83. The first-order valence-electron chi connectivity index (χ1n) is 10.4. The molecule has 3 heterocycles. The zero-order chi connectivity index (χ0) is 20.4. The molecule has 0 fully saturated rings. The van der Waals surface area contributed by atoms with Crippen LogP contribution in [0, 0.1) is 0 Å². The third-order valence-electron chi connectivity index (χ3n) is 6.17. The van der Waals surface area contributed by atoms with Crippen LogP contribution >= 0.6 is 0 Å². The number of fused-ring (bicyclic) bond motifs is 6. The van der Waals surface area contributed by atoms with Crippen LogP contribution in [-0.4, -0.2) is 19.1 Å². The summed E-state index contributed by atoms with van der Waals surface area (Å²) in [5.41, 5.74) is 5.83. The van der Waals surface area contributed by atoms with E-state index in [2.05, 4.69) is 105 Å². The Balaban J connectivity index is 1.62. The average Bonchev–Trinajstić information content (AvgIpc) is 3.53. The highest BCUT2D eigenvalue weighted by Gasteiger charge is 2.15. The quantitative estimate of drug-likeness (QED) is 0.331. The molecule has 4 heteroatoms. The Labute approximate surface area is 178 Å². The minimum absolute atomic E-state index is 1.13. The molecule has 0 aliphatic carbocycles. The van der Waals surface area contributed by atoms with Gasteiger partial charge in [0, 0.05) is 33.4 Å². The van der Waals surface area contributed by atoms with Gasteiger partial charge in [-0.2, -0.15) is 9.89 Å². The number of hydrogen-bond donors (Lipinski definition) is 0. The van der Waals surface area contributed by atoms with Crippen molar-refractivity contribution in [3.05, 3.63) is 109 Å². The van der Waals surface area contributed by atoms with E-state index in [1.54, 1.807) is 0 Å². The van der Waals surface area contributed by atoms with Crippen LogP contribution in [0.5, 0.6) is 0 Å². The molecule has 0 radical (unpaired) electrons. The minimum atomic E-state index is 1.13. The molecule has 3 aromatic heterocycles. The highest BCUT2D eigenvalue weighted by molar-refractivity contribution is 6.11. The number of nitrogens with zero attached hydrogens (tertiary/aromatic N) is 4. The summed E-state index contributed by atoms with van der Waals surface area (Å²) in [4.78, 5) is 1.90. The fraction of sp³-hybridized carbons (Fsp3) is 0. The molecule has 0 aliphatic rings. The summed E-state index contributed by atoms with van der Waals surface area (Å²) in [6, 6.07) is 34.4. The van der Waals surface area contributed by atoms with Gasteiger partial charge >= 0.3 is 0 Å². The molecular formula is C27H18N4. The van der Waals surface area contributed by atoms with Crippen LogP contribution in [0.1, 0.15) is 0 Å². The lowest BCUT2D eigenvalue weighted by Gasteiger charge is -2.10. The summed E-state index contributed by atoms with van der Waals surface area (Å²) in [5.74, 6) is 0. The lowest BCUT2D eigenvalue weighted by atomic mass is 10.1. The normalized spacial score (nSPS) is 11.9. The summed E-state index contributed by atoms with van der Waals surface area (Å²) in [5, 5.41) is 9.50. The van der Waals surface area contributed by atoms with Crippen molar-refractivity contribution in [1.29, 1.82) is 0 Å². The van der Waals surface area contributed by atoms with Crippen molar-refractivity contribution in [2.75, 3.05) is 0 Å². The van der Waals surface area contributed by atoms with E-state index in [1.807, 2.05) is 23.3 Å². The standard InChI is InChI=1S/C27H18N4/c1-4-11-24-20(8-1)21-9-2-5-12-25(21)30(24)19-14-15-23-22-10-3-6-13-26(22)31(27(23)18-19)29-17-7-16-28-29/h1-18H. The van der Waals surface area contributed by atoms with Crippen molar-refractivity contribution in [2.24, 2.45) is 0 Å². The summed E-state index contributed by atoms with van der Waals surface area (Å²) in [6.45, 7) is 0. The maximum absolute atomic E-state index is 4.52. The number of para-hydroxylation sites is 3. The van der Waals surface area contributed by atoms with E-state index in [0.717, 1.165) is 16.7 Å². The maximum Gasteiger partial charge on any atom is 0.0752 e. The summed E-state index contributed by atoms with van der Waals surface area (Å²) in [7, 11) is 0. The fourth-order valence-electron chi connectivity index (χ4n) is 4.88. The van der Waals surface area contributed by atoms with E-state index in [1.165, 1.54) is 32.6 Å². The van der Waals surface area contributed by atoms with Crippen LogP contribution in [0.2, 0.25) is 0 Å². The Hall–Kier alpha value is -4.31. The van der Waals surface area contributed by atoms with Gasteiger partial charge in [-0.15, -0.1) is 0 Å². The molecule has 4 nitrogen and oxygen atoms in total. The van der Waals surface area contributed by atoms with Gasteiger partial charge < -0.3 is 4.57 Å². The third kappa shape index (κ3) is 2.21. The number of hydrogen-bond acceptors (Lipinski definition) is 1. The van der Waals surface area contributed by atoms with E-state index in [0.29, 0.717) is 0 Å². The summed E-state index contributed by atoms with van der Waals surface area (Å²) < 4.78 is 4.54. The molecule has 7 aromatic rings. The van der Waals surface area contributed by atoms with Crippen molar-refractivity contribution in [3.8, 4) is 5.69 Å². The smallest absolute Gasteiger partial charge is 0.0752 e.